The van der Waals surface area contributed by atoms with Crippen molar-refractivity contribution in [1.29, 1.82) is 0 Å². The fourth-order valence-electron chi connectivity index (χ4n) is 4.21. The zero-order valence-corrected chi connectivity index (χ0v) is 18.5. The Morgan fingerprint density at radius 2 is 1.94 bits per heavy atom. The molecule has 0 saturated carbocycles. The highest BCUT2D eigenvalue weighted by Gasteiger charge is 2.22. The number of likely N-dealkylation sites (tertiary alicyclic amines) is 1. The predicted molar refractivity (Wildman–Crippen MR) is 122 cm³/mol. The van der Waals surface area contributed by atoms with Crippen molar-refractivity contribution in [2.24, 2.45) is 0 Å². The van der Waals surface area contributed by atoms with Crippen molar-refractivity contribution < 1.29 is 8.76 Å². The van der Waals surface area contributed by atoms with E-state index < -0.39 is 11.3 Å². The monoisotopic (exact) mass is 439 g/mol. The first-order valence-electron chi connectivity index (χ1n) is 10.7. The van der Waals surface area contributed by atoms with Gasteiger partial charge in [0.1, 0.15) is 0 Å². The third-order valence-corrected chi connectivity index (χ3v) is 6.42. The van der Waals surface area contributed by atoms with E-state index in [1.54, 1.807) is 0 Å². The van der Waals surface area contributed by atoms with Crippen LogP contribution in [0.4, 0.5) is 0 Å². The Labute approximate surface area is 185 Å². The third kappa shape index (κ3) is 5.86. The quantitative estimate of drug-likeness (QED) is 0.525. The Morgan fingerprint density at radius 3 is 2.68 bits per heavy atom. The van der Waals surface area contributed by atoms with Crippen molar-refractivity contribution in [2.45, 2.75) is 44.8 Å². The zero-order valence-electron chi connectivity index (χ0n) is 17.7. The molecule has 7 nitrogen and oxygen atoms in total. The van der Waals surface area contributed by atoms with Crippen LogP contribution in [0.25, 0.3) is 0 Å². The van der Waals surface area contributed by atoms with Crippen LogP contribution < -0.4 is 4.72 Å². The molecule has 0 amide bonds. The predicted octanol–water partition coefficient (Wildman–Crippen LogP) is 3.49. The van der Waals surface area contributed by atoms with Gasteiger partial charge in [-0.25, -0.2) is 13.6 Å². The second kappa shape index (κ2) is 10.3. The van der Waals surface area contributed by atoms with E-state index in [0.29, 0.717) is 12.5 Å². The van der Waals surface area contributed by atoms with Crippen molar-refractivity contribution in [3.05, 3.63) is 83.2 Å². The number of hydrogen-bond donors (Lipinski definition) is 2. The summed E-state index contributed by atoms with van der Waals surface area (Å²) >= 11 is -1.98. The number of rotatable bonds is 8. The smallest absolute Gasteiger partial charge is 0.232 e. The highest BCUT2D eigenvalue weighted by Crippen LogP contribution is 2.29. The maximum atomic E-state index is 10.8. The van der Waals surface area contributed by atoms with Crippen LogP contribution in [0.2, 0.25) is 0 Å². The number of nitrogens with one attached hydrogen (secondary N) is 1. The first-order chi connectivity index (χ1) is 15.1. The first-order valence-corrected chi connectivity index (χ1v) is 11.8. The molecule has 4 rings (SSSR count). The minimum absolute atomic E-state index is 0.165. The minimum Gasteiger partial charge on any atom is -0.297 e. The molecule has 1 aliphatic rings. The summed E-state index contributed by atoms with van der Waals surface area (Å²) in [5.41, 5.74) is 4.57. The maximum Gasteiger partial charge on any atom is 0.232 e. The summed E-state index contributed by atoms with van der Waals surface area (Å²) in [4.78, 5) is 2.44. The Kier molecular flexibility index (Phi) is 7.24. The topological polar surface area (TPSA) is 83.3 Å². The van der Waals surface area contributed by atoms with E-state index in [1.165, 1.54) is 11.1 Å². The number of nitrogens with zero attached hydrogens (tertiary/aromatic N) is 4. The van der Waals surface area contributed by atoms with Gasteiger partial charge >= 0.3 is 0 Å². The second-order valence-corrected chi connectivity index (χ2v) is 8.93. The Hall–Kier alpha value is -2.39. The lowest BCUT2D eigenvalue weighted by Gasteiger charge is -2.31. The third-order valence-electron chi connectivity index (χ3n) is 6.03. The first kappa shape index (κ1) is 21.8. The van der Waals surface area contributed by atoms with Crippen LogP contribution in [-0.4, -0.2) is 41.7 Å². The molecule has 2 atom stereocenters. The number of benzene rings is 2. The molecule has 0 spiro atoms. The van der Waals surface area contributed by atoms with Crippen molar-refractivity contribution >= 4 is 11.3 Å². The standard InChI is InChI=1S/C23H29N5O2S/c1-18(20-7-3-2-4-8-20)28-17-23(25-26-28)16-27-12-10-21(11-13-27)22-9-5-6-19(14-22)15-24-31(29)30/h2-9,14,17-18,21,24H,10-13,15-16H2,1H3,(H,29,30). The van der Waals surface area contributed by atoms with E-state index in [0.717, 1.165) is 43.7 Å². The normalized spacial score (nSPS) is 17.5. The van der Waals surface area contributed by atoms with Crippen molar-refractivity contribution in [3.8, 4) is 0 Å². The summed E-state index contributed by atoms with van der Waals surface area (Å²) in [5, 5.41) is 8.75. The van der Waals surface area contributed by atoms with E-state index >= 15 is 0 Å². The molecule has 0 aliphatic carbocycles. The molecule has 1 saturated heterocycles. The van der Waals surface area contributed by atoms with Gasteiger partial charge in [0.15, 0.2) is 0 Å². The van der Waals surface area contributed by atoms with Gasteiger partial charge in [-0.2, -0.15) is 0 Å². The Morgan fingerprint density at radius 1 is 1.16 bits per heavy atom. The van der Waals surface area contributed by atoms with Gasteiger partial charge in [0.25, 0.3) is 0 Å². The molecule has 1 aromatic heterocycles. The van der Waals surface area contributed by atoms with E-state index in [2.05, 4.69) is 57.3 Å². The van der Waals surface area contributed by atoms with Crippen LogP contribution in [-0.2, 0) is 24.4 Å². The molecule has 3 aromatic rings. The van der Waals surface area contributed by atoms with Crippen molar-refractivity contribution in [3.63, 3.8) is 0 Å². The average Bonchev–Trinajstić information content (AvgIpc) is 3.27. The van der Waals surface area contributed by atoms with Crippen LogP contribution in [0.15, 0.2) is 60.8 Å². The molecule has 1 fully saturated rings. The molecule has 31 heavy (non-hydrogen) atoms. The summed E-state index contributed by atoms with van der Waals surface area (Å²) in [7, 11) is 0. The molecule has 0 bridgehead atoms. The molecule has 2 heterocycles. The zero-order chi connectivity index (χ0) is 21.6. The van der Waals surface area contributed by atoms with Crippen molar-refractivity contribution in [2.75, 3.05) is 13.1 Å². The summed E-state index contributed by atoms with van der Waals surface area (Å²) < 4.78 is 24.2. The minimum atomic E-state index is -1.98. The van der Waals surface area contributed by atoms with E-state index in [4.69, 9.17) is 4.55 Å². The molecule has 8 heteroatoms. The van der Waals surface area contributed by atoms with E-state index in [1.807, 2.05) is 35.0 Å². The van der Waals surface area contributed by atoms with Gasteiger partial charge in [0.05, 0.1) is 17.9 Å². The summed E-state index contributed by atoms with van der Waals surface area (Å²) in [6.07, 6.45) is 4.25. The fourth-order valence-corrected chi connectivity index (χ4v) is 4.51. The van der Waals surface area contributed by atoms with Crippen LogP contribution in [0.5, 0.6) is 0 Å². The van der Waals surface area contributed by atoms with E-state index in [-0.39, 0.29) is 6.04 Å². The molecule has 2 N–H and O–H groups in total. The summed E-state index contributed by atoms with van der Waals surface area (Å²) in [6.45, 7) is 5.40. The number of hydrogen-bond acceptors (Lipinski definition) is 4. The van der Waals surface area contributed by atoms with Crippen LogP contribution >= 0.6 is 0 Å². The lowest BCUT2D eigenvalue weighted by Crippen LogP contribution is -2.32. The molecule has 2 unspecified atom stereocenters. The highest BCUT2D eigenvalue weighted by molar-refractivity contribution is 7.77. The van der Waals surface area contributed by atoms with Gasteiger partial charge in [-0.05, 0) is 55.5 Å². The second-order valence-electron chi connectivity index (χ2n) is 8.14. The summed E-state index contributed by atoms with van der Waals surface area (Å²) in [5.74, 6) is 0.518. The van der Waals surface area contributed by atoms with Crippen LogP contribution in [0, 0.1) is 0 Å². The fraction of sp³-hybridized carbons (Fsp3) is 0.391. The largest absolute Gasteiger partial charge is 0.297 e. The van der Waals surface area contributed by atoms with E-state index in [9.17, 15) is 4.21 Å². The van der Waals surface area contributed by atoms with Gasteiger partial charge in [-0.1, -0.05) is 59.8 Å². The van der Waals surface area contributed by atoms with Crippen LogP contribution in [0.1, 0.15) is 54.1 Å². The molecular formula is C23H29N5O2S. The molecule has 1 aliphatic heterocycles. The van der Waals surface area contributed by atoms with Crippen LogP contribution in [0.3, 0.4) is 0 Å². The Balaban J connectivity index is 1.30. The Bertz CT molecular complexity index is 1000. The average molecular weight is 440 g/mol. The van der Waals surface area contributed by atoms with Gasteiger partial charge in [-0.3, -0.25) is 9.45 Å². The number of aromatic nitrogens is 3. The van der Waals surface area contributed by atoms with Gasteiger partial charge in [0, 0.05) is 13.1 Å². The lowest BCUT2D eigenvalue weighted by molar-refractivity contribution is 0.202. The molecule has 0 radical (unpaired) electrons. The molecular weight excluding hydrogens is 410 g/mol. The van der Waals surface area contributed by atoms with Gasteiger partial charge in [-0.15, -0.1) is 5.10 Å². The lowest BCUT2D eigenvalue weighted by atomic mass is 9.88. The summed E-state index contributed by atoms with van der Waals surface area (Å²) in [6, 6.07) is 18.9. The van der Waals surface area contributed by atoms with Crippen molar-refractivity contribution in [1.82, 2.24) is 24.6 Å². The number of piperidine rings is 1. The maximum absolute atomic E-state index is 10.8. The highest BCUT2D eigenvalue weighted by atomic mass is 32.2. The van der Waals surface area contributed by atoms with Gasteiger partial charge < -0.3 is 0 Å². The SMILES string of the molecule is CC(c1ccccc1)n1cc(CN2CCC(c3cccc(CNS(=O)O)c3)CC2)nn1. The molecule has 164 valence electrons. The molecule has 2 aromatic carbocycles. The van der Waals surface area contributed by atoms with Gasteiger partial charge in [0.2, 0.25) is 11.3 Å².